The molecule has 9 rings (SSSR count). The van der Waals surface area contributed by atoms with E-state index >= 15 is 0 Å². The summed E-state index contributed by atoms with van der Waals surface area (Å²) in [6.07, 6.45) is -10.3. The zero-order valence-electron chi connectivity index (χ0n) is 41.5. The number of benzene rings is 7. The lowest BCUT2D eigenvalue weighted by molar-refractivity contribution is -0.374. The number of hydrogen-bond acceptors (Lipinski definition) is 12. The van der Waals surface area contributed by atoms with Gasteiger partial charge in [-0.05, 0) is 38.9 Å². The molecule has 12 nitrogen and oxygen atoms in total. The lowest BCUT2D eigenvalue weighted by Crippen LogP contribution is -2.67. The van der Waals surface area contributed by atoms with E-state index in [1.54, 1.807) is 0 Å². The van der Waals surface area contributed by atoms with Crippen LogP contribution in [0.4, 0.5) is 0 Å². The number of methoxy groups -OCH3 is 1. The van der Waals surface area contributed by atoms with Crippen LogP contribution in [0.5, 0.6) is 0 Å². The molecule has 0 saturated carbocycles. The van der Waals surface area contributed by atoms with Crippen molar-refractivity contribution < 1.29 is 56.9 Å². The molecular weight excluding hydrogens is 937 g/mol. The lowest BCUT2D eigenvalue weighted by Gasteiger charge is -2.49. The van der Waals surface area contributed by atoms with Gasteiger partial charge in [-0.3, -0.25) is 0 Å². The summed E-state index contributed by atoms with van der Waals surface area (Å²) < 4.78 is 74.8. The number of esters is 1. The minimum absolute atomic E-state index is 0.0425. The van der Waals surface area contributed by atoms with Crippen molar-refractivity contribution in [1.29, 1.82) is 0 Å². The summed E-state index contributed by atoms with van der Waals surface area (Å²) in [6, 6.07) is 68.9. The molecule has 2 aliphatic heterocycles. The van der Waals surface area contributed by atoms with E-state index in [1.165, 1.54) is 7.11 Å². The second-order valence-corrected chi connectivity index (χ2v) is 18.2. The predicted molar refractivity (Wildman–Crippen MR) is 277 cm³/mol. The second kappa shape index (κ2) is 27.8. The highest BCUT2D eigenvalue weighted by atomic mass is 16.8. The van der Waals surface area contributed by atoms with Gasteiger partial charge in [0.15, 0.2) is 18.7 Å². The van der Waals surface area contributed by atoms with Crippen LogP contribution in [0.15, 0.2) is 212 Å². The van der Waals surface area contributed by atoms with Crippen LogP contribution in [-0.2, 0) is 103 Å². The first-order valence-corrected chi connectivity index (χ1v) is 25.2. The van der Waals surface area contributed by atoms with Gasteiger partial charge in [-0.2, -0.15) is 0 Å². The topological polar surface area (TPSA) is 119 Å². The van der Waals surface area contributed by atoms with Gasteiger partial charge in [-0.15, -0.1) is 0 Å². The highest BCUT2D eigenvalue weighted by molar-refractivity contribution is 5.75. The van der Waals surface area contributed by atoms with Crippen molar-refractivity contribution in [2.24, 2.45) is 0 Å². The van der Waals surface area contributed by atoms with E-state index in [2.05, 4.69) is 0 Å². The van der Waals surface area contributed by atoms with Crippen molar-refractivity contribution in [3.63, 3.8) is 0 Å². The summed E-state index contributed by atoms with van der Waals surface area (Å²) in [5.74, 6) is -0.676. The largest absolute Gasteiger partial charge is 0.467 e. The Bertz CT molecular complexity index is 2650. The number of ether oxygens (including phenoxy) is 11. The fraction of sp³-hybridized carbons (Fsp3) is 0.306. The van der Waals surface area contributed by atoms with Gasteiger partial charge in [0, 0.05) is 0 Å². The van der Waals surface area contributed by atoms with Crippen molar-refractivity contribution in [2.45, 2.75) is 108 Å². The third kappa shape index (κ3) is 14.9. The molecule has 2 heterocycles. The van der Waals surface area contributed by atoms with E-state index in [-0.39, 0.29) is 52.9 Å². The Kier molecular flexibility index (Phi) is 19.7. The van der Waals surface area contributed by atoms with Gasteiger partial charge < -0.3 is 52.1 Å². The van der Waals surface area contributed by atoms with Crippen LogP contribution in [0, 0.1) is 0 Å². The fourth-order valence-electron chi connectivity index (χ4n) is 9.06. The molecule has 7 aromatic carbocycles. The molecule has 0 radical (unpaired) electrons. The summed E-state index contributed by atoms with van der Waals surface area (Å²) in [5, 5.41) is 0. The standard InChI is InChI=1S/C62H64O12/c1-64-60(63)57-55(67-39-47-27-13-4-14-28-47)56(68-40-48-29-15-5-16-30-48)59(70-42-50-33-19-7-20-34-50)62(74-57)73-53-52(44-65-37-45-23-9-2-10-24-45)72-61(71-43-51-35-21-8-22-36-51)58(69-41-49-31-17-6-18-32-49)54(53)66-38-46-25-11-3-12-26-46/h2-36,52-59,61-62H,37-44H2,1H3/t52-,53-,54+,55+,56+,57+,58-,59-,61-,62+/m1/s1. The summed E-state index contributed by atoms with van der Waals surface area (Å²) >= 11 is 0. The van der Waals surface area contributed by atoms with Crippen molar-refractivity contribution in [2.75, 3.05) is 13.7 Å². The molecule has 384 valence electrons. The van der Waals surface area contributed by atoms with E-state index in [9.17, 15) is 4.79 Å². The zero-order valence-corrected chi connectivity index (χ0v) is 41.5. The smallest absolute Gasteiger partial charge is 0.337 e. The molecule has 2 saturated heterocycles. The normalized spacial score (nSPS) is 23.7. The molecule has 10 atom stereocenters. The Morgan fingerprint density at radius 1 is 0.351 bits per heavy atom. The van der Waals surface area contributed by atoms with Crippen LogP contribution >= 0.6 is 0 Å². The lowest BCUT2D eigenvalue weighted by atomic mass is 9.95. The van der Waals surface area contributed by atoms with E-state index in [4.69, 9.17) is 52.1 Å². The van der Waals surface area contributed by atoms with Crippen LogP contribution in [0.25, 0.3) is 0 Å². The summed E-state index contributed by atoms with van der Waals surface area (Å²) in [6.45, 7) is 1.38. The van der Waals surface area contributed by atoms with E-state index in [1.807, 2.05) is 212 Å². The molecule has 12 heteroatoms. The van der Waals surface area contributed by atoms with Gasteiger partial charge in [-0.25, -0.2) is 4.79 Å². The minimum atomic E-state index is -1.33. The molecule has 7 aromatic rings. The first-order chi connectivity index (χ1) is 36.6. The molecule has 0 aliphatic carbocycles. The Morgan fingerprint density at radius 3 is 1.04 bits per heavy atom. The average Bonchev–Trinajstić information content (AvgIpc) is 3.46. The molecule has 0 aromatic heterocycles. The predicted octanol–water partition coefficient (Wildman–Crippen LogP) is 10.4. The molecule has 0 N–H and O–H groups in total. The van der Waals surface area contributed by atoms with Crippen molar-refractivity contribution in [3.05, 3.63) is 251 Å². The minimum Gasteiger partial charge on any atom is -0.467 e. The van der Waals surface area contributed by atoms with E-state index < -0.39 is 67.4 Å². The van der Waals surface area contributed by atoms with Crippen LogP contribution < -0.4 is 0 Å². The Hall–Kier alpha value is -6.39. The molecular formula is C62H64O12. The molecule has 2 aliphatic rings. The second-order valence-electron chi connectivity index (χ2n) is 18.2. The van der Waals surface area contributed by atoms with Crippen LogP contribution in [0.1, 0.15) is 38.9 Å². The molecule has 74 heavy (non-hydrogen) atoms. The van der Waals surface area contributed by atoms with Crippen LogP contribution in [0.3, 0.4) is 0 Å². The number of hydrogen-bond donors (Lipinski definition) is 0. The van der Waals surface area contributed by atoms with Gasteiger partial charge in [0.2, 0.25) is 0 Å². The summed E-state index contributed by atoms with van der Waals surface area (Å²) in [5.41, 5.74) is 6.48. The molecule has 0 unspecified atom stereocenters. The molecule has 0 spiro atoms. The molecule has 0 amide bonds. The van der Waals surface area contributed by atoms with Gasteiger partial charge in [0.25, 0.3) is 0 Å². The zero-order chi connectivity index (χ0) is 50.6. The van der Waals surface area contributed by atoms with E-state index in [0.29, 0.717) is 0 Å². The van der Waals surface area contributed by atoms with Crippen LogP contribution in [-0.4, -0.2) is 81.1 Å². The first kappa shape index (κ1) is 52.5. The van der Waals surface area contributed by atoms with Gasteiger partial charge >= 0.3 is 5.97 Å². The SMILES string of the molecule is COC(=O)[C@H]1O[C@H](O[C@H]2[C@H](OCc3ccccc3)[C@@H](OCc3ccccc3)[C@H](OCc3ccccc3)O[C@@H]2COCc2ccccc2)[C@H](OCc2ccccc2)[C@@H](OCc2ccccc2)[C@@H]1OCc1ccccc1. The number of carbonyl (C=O) groups excluding carboxylic acids is 1. The van der Waals surface area contributed by atoms with Gasteiger partial charge in [0.1, 0.15) is 42.7 Å². The number of rotatable bonds is 25. The highest BCUT2D eigenvalue weighted by Gasteiger charge is 2.56. The van der Waals surface area contributed by atoms with E-state index in [0.717, 1.165) is 38.9 Å². The maximum absolute atomic E-state index is 14.2. The maximum atomic E-state index is 14.2. The first-order valence-electron chi connectivity index (χ1n) is 25.2. The third-order valence-electron chi connectivity index (χ3n) is 12.9. The van der Waals surface area contributed by atoms with Gasteiger partial charge in [0.05, 0.1) is 60.0 Å². The Balaban J connectivity index is 1.13. The maximum Gasteiger partial charge on any atom is 0.337 e. The molecule has 0 bridgehead atoms. The van der Waals surface area contributed by atoms with Gasteiger partial charge in [-0.1, -0.05) is 212 Å². The third-order valence-corrected chi connectivity index (χ3v) is 12.9. The highest BCUT2D eigenvalue weighted by Crippen LogP contribution is 2.37. The Labute approximate surface area is 433 Å². The monoisotopic (exact) mass is 1000 g/mol. The molecule has 2 fully saturated rings. The Morgan fingerprint density at radius 2 is 0.662 bits per heavy atom. The van der Waals surface area contributed by atoms with Crippen LogP contribution in [0.2, 0.25) is 0 Å². The summed E-state index contributed by atoms with van der Waals surface area (Å²) in [7, 11) is 1.32. The van der Waals surface area contributed by atoms with Crippen molar-refractivity contribution in [1.82, 2.24) is 0 Å². The van der Waals surface area contributed by atoms with Crippen molar-refractivity contribution in [3.8, 4) is 0 Å². The average molecular weight is 1000 g/mol. The summed E-state index contributed by atoms with van der Waals surface area (Å²) in [4.78, 5) is 14.2. The quantitative estimate of drug-likeness (QED) is 0.0507. The number of carbonyl (C=O) groups is 1. The fourth-order valence-corrected chi connectivity index (χ4v) is 9.06. The van der Waals surface area contributed by atoms with Crippen molar-refractivity contribution >= 4 is 5.97 Å².